The summed E-state index contributed by atoms with van der Waals surface area (Å²) in [6, 6.07) is 3.87. The van der Waals surface area contributed by atoms with Crippen molar-refractivity contribution < 1.29 is 27.4 Å². The summed E-state index contributed by atoms with van der Waals surface area (Å²) in [5.74, 6) is 4.91. The Bertz CT molecular complexity index is 641. The van der Waals surface area contributed by atoms with E-state index in [4.69, 9.17) is 10.5 Å². The first-order valence-corrected chi connectivity index (χ1v) is 7.07. The molecule has 24 heavy (non-hydrogen) atoms. The van der Waals surface area contributed by atoms with E-state index >= 15 is 0 Å². The van der Waals surface area contributed by atoms with Gasteiger partial charge in [-0.25, -0.2) is 4.79 Å². The molecule has 5 nitrogen and oxygen atoms in total. The molecule has 132 valence electrons. The lowest BCUT2D eigenvalue weighted by atomic mass is 10.2. The van der Waals surface area contributed by atoms with Crippen LogP contribution in [-0.2, 0) is 4.74 Å². The smallest absolute Gasteiger partial charge is 0.444 e. The van der Waals surface area contributed by atoms with E-state index in [9.17, 15) is 18.0 Å². The van der Waals surface area contributed by atoms with Gasteiger partial charge in [0.15, 0.2) is 5.75 Å². The van der Waals surface area contributed by atoms with Gasteiger partial charge < -0.3 is 20.5 Å². The highest BCUT2D eigenvalue weighted by molar-refractivity contribution is 5.67. The minimum Gasteiger partial charge on any atom is -0.444 e. The molecule has 0 saturated heterocycles. The minimum atomic E-state index is -4.82. The Balaban J connectivity index is 2.55. The fourth-order valence-corrected chi connectivity index (χ4v) is 1.53. The zero-order valence-electron chi connectivity index (χ0n) is 13.6. The summed E-state index contributed by atoms with van der Waals surface area (Å²) in [5.41, 5.74) is 5.02. The number of carbonyl (C=O) groups excluding carboxylic acids is 1. The summed E-state index contributed by atoms with van der Waals surface area (Å²) in [6.45, 7) is 5.49. The van der Waals surface area contributed by atoms with Crippen molar-refractivity contribution >= 4 is 11.8 Å². The Morgan fingerprint density at radius 1 is 1.29 bits per heavy atom. The molecule has 0 saturated carbocycles. The molecule has 0 bridgehead atoms. The molecule has 0 aliphatic heterocycles. The SMILES string of the molecule is CC(C)(C)OC(=O)NCCC#Cc1ccc(N)c(OC(F)(F)F)c1. The van der Waals surface area contributed by atoms with E-state index in [2.05, 4.69) is 21.9 Å². The highest BCUT2D eigenvalue weighted by Crippen LogP contribution is 2.28. The maximum absolute atomic E-state index is 12.2. The lowest BCUT2D eigenvalue weighted by molar-refractivity contribution is -0.274. The van der Waals surface area contributed by atoms with Gasteiger partial charge in [0, 0.05) is 18.5 Å². The Morgan fingerprint density at radius 3 is 2.54 bits per heavy atom. The topological polar surface area (TPSA) is 73.6 Å². The Hall–Kier alpha value is -2.56. The van der Waals surface area contributed by atoms with Crippen molar-refractivity contribution in [1.29, 1.82) is 0 Å². The van der Waals surface area contributed by atoms with E-state index < -0.39 is 23.8 Å². The van der Waals surface area contributed by atoms with Crippen LogP contribution in [0.5, 0.6) is 5.75 Å². The van der Waals surface area contributed by atoms with Gasteiger partial charge in [0.2, 0.25) is 0 Å². The molecule has 0 heterocycles. The van der Waals surface area contributed by atoms with Crippen LogP contribution >= 0.6 is 0 Å². The lowest BCUT2D eigenvalue weighted by Crippen LogP contribution is -2.32. The molecule has 1 rings (SSSR count). The Kier molecular flexibility index (Phi) is 6.35. The number of nitrogens with two attached hydrogens (primary N) is 1. The summed E-state index contributed by atoms with van der Waals surface area (Å²) in [6.07, 6.45) is -5.08. The van der Waals surface area contributed by atoms with Crippen molar-refractivity contribution in [3.8, 4) is 17.6 Å². The van der Waals surface area contributed by atoms with Crippen LogP contribution in [-0.4, -0.2) is 24.6 Å². The van der Waals surface area contributed by atoms with Gasteiger partial charge in [-0.2, -0.15) is 0 Å². The van der Waals surface area contributed by atoms with Crippen molar-refractivity contribution in [3.05, 3.63) is 23.8 Å². The number of hydrogen-bond acceptors (Lipinski definition) is 4. The number of halogens is 3. The third-order valence-electron chi connectivity index (χ3n) is 2.39. The van der Waals surface area contributed by atoms with E-state index in [1.165, 1.54) is 12.1 Å². The van der Waals surface area contributed by atoms with Gasteiger partial charge in [-0.3, -0.25) is 0 Å². The van der Waals surface area contributed by atoms with Crippen LogP contribution in [0, 0.1) is 11.8 Å². The summed E-state index contributed by atoms with van der Waals surface area (Å²) < 4.78 is 45.6. The maximum Gasteiger partial charge on any atom is 0.573 e. The van der Waals surface area contributed by atoms with Crippen LogP contribution in [0.25, 0.3) is 0 Å². The fourth-order valence-electron chi connectivity index (χ4n) is 1.53. The molecule has 8 heteroatoms. The van der Waals surface area contributed by atoms with Gasteiger partial charge in [-0.15, -0.1) is 13.2 Å². The van der Waals surface area contributed by atoms with E-state index in [1.54, 1.807) is 20.8 Å². The number of carbonyl (C=O) groups is 1. The number of anilines is 1. The van der Waals surface area contributed by atoms with Gasteiger partial charge in [-0.05, 0) is 39.0 Å². The van der Waals surface area contributed by atoms with Gasteiger partial charge >= 0.3 is 12.5 Å². The molecule has 0 aromatic heterocycles. The molecule has 0 radical (unpaired) electrons. The van der Waals surface area contributed by atoms with E-state index in [0.717, 1.165) is 6.07 Å². The quantitative estimate of drug-likeness (QED) is 0.500. The summed E-state index contributed by atoms with van der Waals surface area (Å²) in [5, 5.41) is 2.52. The number of nitrogen functional groups attached to an aromatic ring is 1. The number of ether oxygens (including phenoxy) is 2. The predicted octanol–water partition coefficient (Wildman–Crippen LogP) is 3.43. The number of benzene rings is 1. The van der Waals surface area contributed by atoms with Crippen LogP contribution in [0.2, 0.25) is 0 Å². The molecule has 1 aromatic carbocycles. The second-order valence-corrected chi connectivity index (χ2v) is 5.78. The monoisotopic (exact) mass is 344 g/mol. The third kappa shape index (κ3) is 8.17. The third-order valence-corrected chi connectivity index (χ3v) is 2.39. The highest BCUT2D eigenvalue weighted by atomic mass is 19.4. The number of hydrogen-bond donors (Lipinski definition) is 2. The van der Waals surface area contributed by atoms with E-state index in [1.807, 2.05) is 0 Å². The van der Waals surface area contributed by atoms with E-state index in [0.29, 0.717) is 12.0 Å². The van der Waals surface area contributed by atoms with Crippen LogP contribution in [0.3, 0.4) is 0 Å². The molecule has 0 spiro atoms. The average molecular weight is 344 g/mol. The number of amides is 1. The minimum absolute atomic E-state index is 0.135. The molecule has 1 aromatic rings. The standard InChI is InChI=1S/C16H19F3N2O3/c1-15(2,3)24-14(22)21-9-5-4-6-11-7-8-12(20)13(10-11)23-16(17,18)19/h7-8,10H,5,9,20H2,1-3H3,(H,21,22). The first-order chi connectivity index (χ1) is 11.0. The number of rotatable bonds is 3. The maximum atomic E-state index is 12.2. The van der Waals surface area contributed by atoms with Gasteiger partial charge in [-0.1, -0.05) is 11.8 Å². The second-order valence-electron chi connectivity index (χ2n) is 5.78. The van der Waals surface area contributed by atoms with Crippen molar-refractivity contribution in [2.24, 2.45) is 0 Å². The molecule has 3 N–H and O–H groups in total. The van der Waals surface area contributed by atoms with Crippen molar-refractivity contribution in [2.45, 2.75) is 39.2 Å². The largest absolute Gasteiger partial charge is 0.573 e. The second kappa shape index (κ2) is 7.81. The summed E-state index contributed by atoms with van der Waals surface area (Å²) in [7, 11) is 0. The first-order valence-electron chi connectivity index (χ1n) is 7.07. The molecular formula is C16H19F3N2O3. The molecule has 0 unspecified atom stereocenters. The zero-order chi connectivity index (χ0) is 18.4. The van der Waals surface area contributed by atoms with Crippen LogP contribution < -0.4 is 15.8 Å². The molecule has 1 amide bonds. The van der Waals surface area contributed by atoms with Gasteiger partial charge in [0.25, 0.3) is 0 Å². The summed E-state index contributed by atoms with van der Waals surface area (Å²) in [4.78, 5) is 11.4. The molecule has 0 aliphatic carbocycles. The number of alkyl halides is 3. The number of alkyl carbamates (subject to hydrolysis) is 1. The zero-order valence-corrected chi connectivity index (χ0v) is 13.6. The van der Waals surface area contributed by atoms with Crippen LogP contribution in [0.15, 0.2) is 18.2 Å². The van der Waals surface area contributed by atoms with Crippen molar-refractivity contribution in [2.75, 3.05) is 12.3 Å². The fraction of sp³-hybridized carbons (Fsp3) is 0.438. The Labute approximate surface area is 138 Å². The number of nitrogens with one attached hydrogen (secondary N) is 1. The molecule has 0 atom stereocenters. The molecule has 0 fully saturated rings. The van der Waals surface area contributed by atoms with Gasteiger partial charge in [0.05, 0.1) is 5.69 Å². The van der Waals surface area contributed by atoms with Crippen LogP contribution in [0.4, 0.5) is 23.7 Å². The average Bonchev–Trinajstić information content (AvgIpc) is 2.38. The predicted molar refractivity (Wildman–Crippen MR) is 83.3 cm³/mol. The normalized spacial score (nSPS) is 11.2. The Morgan fingerprint density at radius 2 is 1.96 bits per heavy atom. The highest BCUT2D eigenvalue weighted by Gasteiger charge is 2.32. The van der Waals surface area contributed by atoms with Crippen molar-refractivity contribution in [1.82, 2.24) is 5.32 Å². The summed E-state index contributed by atoms with van der Waals surface area (Å²) >= 11 is 0. The van der Waals surface area contributed by atoms with Crippen molar-refractivity contribution in [3.63, 3.8) is 0 Å². The molecular weight excluding hydrogens is 325 g/mol. The van der Waals surface area contributed by atoms with Gasteiger partial charge in [0.1, 0.15) is 5.60 Å². The first kappa shape index (κ1) is 19.5. The van der Waals surface area contributed by atoms with E-state index in [-0.39, 0.29) is 12.2 Å². The van der Waals surface area contributed by atoms with Crippen LogP contribution in [0.1, 0.15) is 32.8 Å². The lowest BCUT2D eigenvalue weighted by Gasteiger charge is -2.19. The molecule has 0 aliphatic rings.